The van der Waals surface area contributed by atoms with Crippen LogP contribution in [-0.4, -0.2) is 41.6 Å². The van der Waals surface area contributed by atoms with Crippen LogP contribution in [0, 0.1) is 5.82 Å². The maximum Gasteiger partial charge on any atom is 0.338 e. The molecular formula is C15H18FNO4. The van der Waals surface area contributed by atoms with Crippen molar-refractivity contribution < 1.29 is 23.8 Å². The maximum atomic E-state index is 13.5. The third-order valence-electron chi connectivity index (χ3n) is 3.49. The van der Waals surface area contributed by atoms with Crippen LogP contribution in [0.15, 0.2) is 18.2 Å². The Kier molecular flexibility index (Phi) is 5.14. The summed E-state index contributed by atoms with van der Waals surface area (Å²) in [4.78, 5) is 24.5. The van der Waals surface area contributed by atoms with E-state index in [-0.39, 0.29) is 18.3 Å². The number of nitrogens with zero attached hydrogens (tertiary/aromatic N) is 1. The Morgan fingerprint density at radius 3 is 2.43 bits per heavy atom. The van der Waals surface area contributed by atoms with Gasteiger partial charge >= 0.3 is 5.97 Å². The molecule has 1 aliphatic rings. The fraction of sp³-hybridized carbons (Fsp3) is 0.467. The molecule has 1 saturated heterocycles. The number of hydrogen-bond donors (Lipinski definition) is 1. The molecule has 0 radical (unpaired) electrons. The minimum Gasteiger partial charge on any atom is -0.484 e. The Morgan fingerprint density at radius 2 is 1.86 bits per heavy atom. The fourth-order valence-electron chi connectivity index (χ4n) is 2.32. The molecule has 1 amide bonds. The molecule has 2 rings (SSSR count). The van der Waals surface area contributed by atoms with E-state index in [0.717, 1.165) is 50.9 Å². The molecule has 0 unspecified atom stereocenters. The van der Waals surface area contributed by atoms with Crippen LogP contribution < -0.4 is 4.74 Å². The van der Waals surface area contributed by atoms with Gasteiger partial charge in [-0.2, -0.15) is 0 Å². The first-order valence-electron chi connectivity index (χ1n) is 7.01. The number of carbonyl (C=O) groups is 2. The Labute approximate surface area is 122 Å². The van der Waals surface area contributed by atoms with E-state index in [1.54, 1.807) is 4.90 Å². The SMILES string of the molecule is O=C(O)c1ccc(OCC(=O)N2CCCCCC2)cc1F. The van der Waals surface area contributed by atoms with Gasteiger partial charge in [0.15, 0.2) is 6.61 Å². The summed E-state index contributed by atoms with van der Waals surface area (Å²) in [5.74, 6) is -2.18. The first-order valence-corrected chi connectivity index (χ1v) is 7.01. The molecule has 6 heteroatoms. The predicted molar refractivity (Wildman–Crippen MR) is 73.9 cm³/mol. The zero-order valence-corrected chi connectivity index (χ0v) is 11.7. The second kappa shape index (κ2) is 7.06. The van der Waals surface area contributed by atoms with Crippen LogP contribution in [0.5, 0.6) is 5.75 Å². The van der Waals surface area contributed by atoms with Gasteiger partial charge in [0.1, 0.15) is 11.6 Å². The lowest BCUT2D eigenvalue weighted by atomic mass is 10.2. The average Bonchev–Trinajstić information content (AvgIpc) is 2.73. The first kappa shape index (κ1) is 15.3. The maximum absolute atomic E-state index is 13.5. The van der Waals surface area contributed by atoms with E-state index in [1.165, 1.54) is 6.07 Å². The molecule has 1 aliphatic heterocycles. The van der Waals surface area contributed by atoms with Gasteiger partial charge in [-0.1, -0.05) is 12.8 Å². The highest BCUT2D eigenvalue weighted by Gasteiger charge is 2.16. The third-order valence-corrected chi connectivity index (χ3v) is 3.49. The molecule has 114 valence electrons. The van der Waals surface area contributed by atoms with Crippen LogP contribution in [0.2, 0.25) is 0 Å². The highest BCUT2D eigenvalue weighted by atomic mass is 19.1. The largest absolute Gasteiger partial charge is 0.484 e. The number of carboxylic acid groups (broad SMARTS) is 1. The van der Waals surface area contributed by atoms with Gasteiger partial charge in [0.2, 0.25) is 0 Å². The van der Waals surface area contributed by atoms with E-state index in [0.29, 0.717) is 0 Å². The van der Waals surface area contributed by atoms with Crippen LogP contribution in [-0.2, 0) is 4.79 Å². The molecule has 1 N–H and O–H groups in total. The Bertz CT molecular complexity index is 524. The molecule has 0 bridgehead atoms. The molecule has 1 fully saturated rings. The summed E-state index contributed by atoms with van der Waals surface area (Å²) in [6, 6.07) is 3.46. The van der Waals surface area contributed by atoms with Crippen molar-refractivity contribution >= 4 is 11.9 Å². The molecule has 1 aromatic carbocycles. The molecule has 1 heterocycles. The number of rotatable bonds is 4. The van der Waals surface area contributed by atoms with E-state index in [4.69, 9.17) is 9.84 Å². The predicted octanol–water partition coefficient (Wildman–Crippen LogP) is 2.31. The summed E-state index contributed by atoms with van der Waals surface area (Å²) in [6.07, 6.45) is 4.25. The van der Waals surface area contributed by atoms with Crippen LogP contribution in [0.3, 0.4) is 0 Å². The van der Waals surface area contributed by atoms with E-state index < -0.39 is 17.3 Å². The number of carboxylic acids is 1. The summed E-state index contributed by atoms with van der Waals surface area (Å²) >= 11 is 0. The van der Waals surface area contributed by atoms with Crippen molar-refractivity contribution in [2.24, 2.45) is 0 Å². The molecular weight excluding hydrogens is 277 g/mol. The molecule has 0 spiro atoms. The van der Waals surface area contributed by atoms with Crippen molar-refractivity contribution in [3.8, 4) is 5.75 Å². The normalized spacial score (nSPS) is 15.4. The van der Waals surface area contributed by atoms with Crippen LogP contribution in [0.4, 0.5) is 4.39 Å². The Morgan fingerprint density at radius 1 is 1.19 bits per heavy atom. The molecule has 1 aromatic rings. The second-order valence-corrected chi connectivity index (χ2v) is 5.03. The van der Waals surface area contributed by atoms with Crippen molar-refractivity contribution in [2.45, 2.75) is 25.7 Å². The molecule has 0 atom stereocenters. The van der Waals surface area contributed by atoms with Crippen molar-refractivity contribution in [2.75, 3.05) is 19.7 Å². The van der Waals surface area contributed by atoms with Crippen molar-refractivity contribution in [1.82, 2.24) is 4.90 Å². The van der Waals surface area contributed by atoms with Gasteiger partial charge in [-0.25, -0.2) is 9.18 Å². The highest BCUT2D eigenvalue weighted by Crippen LogP contribution is 2.17. The van der Waals surface area contributed by atoms with E-state index in [1.807, 2.05) is 0 Å². The molecule has 0 aromatic heterocycles. The van der Waals surface area contributed by atoms with Gasteiger partial charge in [0.25, 0.3) is 5.91 Å². The van der Waals surface area contributed by atoms with E-state index in [9.17, 15) is 14.0 Å². The van der Waals surface area contributed by atoms with E-state index in [2.05, 4.69) is 0 Å². The zero-order chi connectivity index (χ0) is 15.2. The second-order valence-electron chi connectivity index (χ2n) is 5.03. The lowest BCUT2D eigenvalue weighted by Gasteiger charge is -2.20. The number of carbonyl (C=O) groups excluding carboxylic acids is 1. The fourth-order valence-corrected chi connectivity index (χ4v) is 2.32. The highest BCUT2D eigenvalue weighted by molar-refractivity contribution is 5.88. The van der Waals surface area contributed by atoms with Gasteiger partial charge in [-0.15, -0.1) is 0 Å². The Hall–Kier alpha value is -2.11. The summed E-state index contributed by atoms with van der Waals surface area (Å²) in [7, 11) is 0. The molecule has 0 aliphatic carbocycles. The molecule has 21 heavy (non-hydrogen) atoms. The number of hydrogen-bond acceptors (Lipinski definition) is 3. The monoisotopic (exact) mass is 295 g/mol. The number of likely N-dealkylation sites (tertiary alicyclic amines) is 1. The summed E-state index contributed by atoms with van der Waals surface area (Å²) in [6.45, 7) is 1.30. The van der Waals surface area contributed by atoms with Gasteiger partial charge in [-0.3, -0.25) is 4.79 Å². The lowest BCUT2D eigenvalue weighted by molar-refractivity contribution is -0.133. The van der Waals surface area contributed by atoms with Crippen LogP contribution >= 0.6 is 0 Å². The minimum absolute atomic E-state index is 0.125. The number of amides is 1. The smallest absolute Gasteiger partial charge is 0.338 e. The number of halogens is 1. The number of ether oxygens (including phenoxy) is 1. The zero-order valence-electron chi connectivity index (χ0n) is 11.7. The standard InChI is InChI=1S/C15H18FNO4/c16-13-9-11(5-6-12(13)15(19)20)21-10-14(18)17-7-3-1-2-4-8-17/h5-6,9H,1-4,7-8,10H2,(H,19,20). The Balaban J connectivity index is 1.91. The first-order chi connectivity index (χ1) is 10.1. The number of benzene rings is 1. The average molecular weight is 295 g/mol. The molecule has 0 saturated carbocycles. The van der Waals surface area contributed by atoms with Crippen molar-refractivity contribution in [3.05, 3.63) is 29.6 Å². The van der Waals surface area contributed by atoms with Gasteiger partial charge in [0, 0.05) is 19.2 Å². The summed E-state index contributed by atoms with van der Waals surface area (Å²) in [5.41, 5.74) is -0.416. The quantitative estimate of drug-likeness (QED) is 0.925. The summed E-state index contributed by atoms with van der Waals surface area (Å²) < 4.78 is 18.7. The van der Waals surface area contributed by atoms with Gasteiger partial charge in [0.05, 0.1) is 5.56 Å². The number of aromatic carboxylic acids is 1. The summed E-state index contributed by atoms with van der Waals surface area (Å²) in [5, 5.41) is 8.73. The van der Waals surface area contributed by atoms with Crippen LogP contribution in [0.25, 0.3) is 0 Å². The lowest BCUT2D eigenvalue weighted by Crippen LogP contribution is -2.35. The van der Waals surface area contributed by atoms with Crippen LogP contribution in [0.1, 0.15) is 36.0 Å². The molecule has 5 nitrogen and oxygen atoms in total. The topological polar surface area (TPSA) is 66.8 Å². The van der Waals surface area contributed by atoms with E-state index >= 15 is 0 Å². The third kappa shape index (κ3) is 4.18. The van der Waals surface area contributed by atoms with Crippen molar-refractivity contribution in [1.29, 1.82) is 0 Å². The van der Waals surface area contributed by atoms with Gasteiger partial charge < -0.3 is 14.7 Å². The minimum atomic E-state index is -1.33. The van der Waals surface area contributed by atoms with Gasteiger partial charge in [-0.05, 0) is 25.0 Å². The van der Waals surface area contributed by atoms with Crippen molar-refractivity contribution in [3.63, 3.8) is 0 Å².